The van der Waals surface area contributed by atoms with E-state index in [1.165, 1.54) is 21.3 Å². The largest absolute Gasteiger partial charge is 0.388 e. The lowest BCUT2D eigenvalue weighted by molar-refractivity contribution is 0.0567. The molecule has 3 rings (SSSR count). The van der Waals surface area contributed by atoms with Crippen molar-refractivity contribution in [3.63, 3.8) is 0 Å². The maximum absolute atomic E-state index is 13.0. The van der Waals surface area contributed by atoms with Gasteiger partial charge in [-0.25, -0.2) is 4.39 Å². The lowest BCUT2D eigenvalue weighted by Crippen LogP contribution is -2.35. The van der Waals surface area contributed by atoms with E-state index >= 15 is 0 Å². The first-order chi connectivity index (χ1) is 11.1. The highest BCUT2D eigenvalue weighted by Crippen LogP contribution is 2.31. The van der Waals surface area contributed by atoms with Crippen molar-refractivity contribution in [3.05, 3.63) is 69.0 Å². The second kappa shape index (κ2) is 7.73. The Balaban J connectivity index is 1.53. The Hall–Kier alpha value is -0.980. The van der Waals surface area contributed by atoms with Crippen molar-refractivity contribution in [2.75, 3.05) is 13.1 Å². The van der Waals surface area contributed by atoms with E-state index in [0.717, 1.165) is 38.0 Å². The van der Waals surface area contributed by atoms with Crippen LogP contribution >= 0.6 is 22.6 Å². The minimum Gasteiger partial charge on any atom is -0.388 e. The Labute approximate surface area is 150 Å². The molecule has 0 spiro atoms. The SMILES string of the molecule is O[C@@H](c1ccc(F)cc1)C1CCN(Cc2ccc(I)cc2)CC1. The van der Waals surface area contributed by atoms with Gasteiger partial charge in [0.25, 0.3) is 0 Å². The first kappa shape index (κ1) is 16.9. The molecule has 2 aromatic carbocycles. The van der Waals surface area contributed by atoms with Crippen molar-refractivity contribution in [2.45, 2.75) is 25.5 Å². The number of halogens is 2. The van der Waals surface area contributed by atoms with Crippen LogP contribution in [0.1, 0.15) is 30.1 Å². The fourth-order valence-electron chi connectivity index (χ4n) is 3.21. The monoisotopic (exact) mass is 425 g/mol. The molecular weight excluding hydrogens is 404 g/mol. The molecule has 2 aromatic rings. The van der Waals surface area contributed by atoms with Gasteiger partial charge in [-0.1, -0.05) is 24.3 Å². The van der Waals surface area contributed by atoms with Crippen molar-refractivity contribution < 1.29 is 9.50 Å². The molecule has 1 aliphatic rings. The molecular formula is C19H21FINO. The number of aliphatic hydroxyl groups excluding tert-OH is 1. The van der Waals surface area contributed by atoms with Crippen molar-refractivity contribution in [3.8, 4) is 0 Å². The number of piperidine rings is 1. The smallest absolute Gasteiger partial charge is 0.123 e. The van der Waals surface area contributed by atoms with Crippen LogP contribution in [0.15, 0.2) is 48.5 Å². The van der Waals surface area contributed by atoms with Gasteiger partial charge in [0, 0.05) is 10.1 Å². The van der Waals surface area contributed by atoms with E-state index in [1.807, 2.05) is 0 Å². The second-order valence-corrected chi connectivity index (χ2v) is 7.48. The molecule has 0 bridgehead atoms. The van der Waals surface area contributed by atoms with Gasteiger partial charge in [0.15, 0.2) is 0 Å². The van der Waals surface area contributed by atoms with E-state index in [-0.39, 0.29) is 11.7 Å². The third kappa shape index (κ3) is 4.52. The van der Waals surface area contributed by atoms with Crippen molar-refractivity contribution in [2.24, 2.45) is 5.92 Å². The topological polar surface area (TPSA) is 23.5 Å². The van der Waals surface area contributed by atoms with E-state index in [4.69, 9.17) is 0 Å². The predicted octanol–water partition coefficient (Wildman–Crippen LogP) is 4.38. The Morgan fingerprint density at radius 2 is 1.65 bits per heavy atom. The zero-order chi connectivity index (χ0) is 16.2. The lowest BCUT2D eigenvalue weighted by atomic mass is 9.87. The Kier molecular flexibility index (Phi) is 5.67. The number of likely N-dealkylation sites (tertiary alicyclic amines) is 1. The summed E-state index contributed by atoms with van der Waals surface area (Å²) in [5.41, 5.74) is 2.16. The molecule has 1 heterocycles. The van der Waals surface area contributed by atoms with E-state index in [2.05, 4.69) is 51.8 Å². The van der Waals surface area contributed by atoms with E-state index in [1.54, 1.807) is 12.1 Å². The van der Waals surface area contributed by atoms with Crippen molar-refractivity contribution >= 4 is 22.6 Å². The third-order valence-electron chi connectivity index (χ3n) is 4.61. The average molecular weight is 425 g/mol. The summed E-state index contributed by atoms with van der Waals surface area (Å²) in [6, 6.07) is 14.9. The molecule has 122 valence electrons. The van der Waals surface area contributed by atoms with Gasteiger partial charge in [-0.3, -0.25) is 4.90 Å². The first-order valence-corrected chi connectivity index (χ1v) is 9.10. The van der Waals surface area contributed by atoms with E-state index in [9.17, 15) is 9.50 Å². The minimum absolute atomic E-state index is 0.256. The molecule has 23 heavy (non-hydrogen) atoms. The molecule has 0 amide bonds. The number of rotatable bonds is 4. The molecule has 0 aliphatic carbocycles. The Morgan fingerprint density at radius 1 is 1.04 bits per heavy atom. The zero-order valence-corrected chi connectivity index (χ0v) is 15.1. The van der Waals surface area contributed by atoms with Gasteiger partial charge in [0.2, 0.25) is 0 Å². The fraction of sp³-hybridized carbons (Fsp3) is 0.368. The van der Waals surface area contributed by atoms with Crippen molar-refractivity contribution in [1.82, 2.24) is 4.90 Å². The van der Waals surface area contributed by atoms with Gasteiger partial charge in [0.05, 0.1) is 6.10 Å². The third-order valence-corrected chi connectivity index (χ3v) is 5.33. The first-order valence-electron chi connectivity index (χ1n) is 8.02. The number of benzene rings is 2. The Morgan fingerprint density at radius 3 is 2.26 bits per heavy atom. The van der Waals surface area contributed by atoms with Crippen LogP contribution < -0.4 is 0 Å². The molecule has 4 heteroatoms. The van der Waals surface area contributed by atoms with Crippen LogP contribution in [0.3, 0.4) is 0 Å². The van der Waals surface area contributed by atoms with Crippen LogP contribution in [0.25, 0.3) is 0 Å². The van der Waals surface area contributed by atoms with E-state index < -0.39 is 6.10 Å². The van der Waals surface area contributed by atoms with E-state index in [0.29, 0.717) is 0 Å². The summed E-state index contributed by atoms with van der Waals surface area (Å²) in [6.07, 6.45) is 1.46. The van der Waals surface area contributed by atoms with Crippen LogP contribution in [-0.2, 0) is 6.54 Å². The Bertz CT molecular complexity index is 621. The molecule has 1 saturated heterocycles. The predicted molar refractivity (Wildman–Crippen MR) is 98.5 cm³/mol. The fourth-order valence-corrected chi connectivity index (χ4v) is 3.57. The average Bonchev–Trinajstić information content (AvgIpc) is 2.58. The molecule has 0 saturated carbocycles. The lowest BCUT2D eigenvalue weighted by Gasteiger charge is -2.34. The molecule has 1 fully saturated rings. The van der Waals surface area contributed by atoms with Gasteiger partial charge < -0.3 is 5.11 Å². The van der Waals surface area contributed by atoms with Crippen LogP contribution in [-0.4, -0.2) is 23.1 Å². The quantitative estimate of drug-likeness (QED) is 0.736. The summed E-state index contributed by atoms with van der Waals surface area (Å²) in [6.45, 7) is 2.96. The van der Waals surface area contributed by atoms with Crippen LogP contribution in [0.5, 0.6) is 0 Å². The summed E-state index contributed by atoms with van der Waals surface area (Å²) < 4.78 is 14.2. The van der Waals surface area contributed by atoms with Crippen LogP contribution in [0, 0.1) is 15.3 Å². The molecule has 1 N–H and O–H groups in total. The molecule has 2 nitrogen and oxygen atoms in total. The highest BCUT2D eigenvalue weighted by atomic mass is 127. The summed E-state index contributed by atoms with van der Waals surface area (Å²) >= 11 is 2.32. The van der Waals surface area contributed by atoms with Gasteiger partial charge in [-0.2, -0.15) is 0 Å². The highest BCUT2D eigenvalue weighted by molar-refractivity contribution is 14.1. The summed E-state index contributed by atoms with van der Waals surface area (Å²) in [7, 11) is 0. The van der Waals surface area contributed by atoms with Gasteiger partial charge >= 0.3 is 0 Å². The van der Waals surface area contributed by atoms with Crippen molar-refractivity contribution in [1.29, 1.82) is 0 Å². The normalized spacial score (nSPS) is 18.0. The number of hydrogen-bond donors (Lipinski definition) is 1. The van der Waals surface area contributed by atoms with Gasteiger partial charge in [0.1, 0.15) is 5.82 Å². The second-order valence-electron chi connectivity index (χ2n) is 6.24. The van der Waals surface area contributed by atoms with Gasteiger partial charge in [-0.15, -0.1) is 0 Å². The molecule has 1 atom stereocenters. The van der Waals surface area contributed by atoms with Crippen LogP contribution in [0.2, 0.25) is 0 Å². The van der Waals surface area contributed by atoms with Crippen LogP contribution in [0.4, 0.5) is 4.39 Å². The molecule has 0 unspecified atom stereocenters. The molecule has 1 aliphatic heterocycles. The number of aliphatic hydroxyl groups is 1. The molecule has 0 radical (unpaired) electrons. The number of hydrogen-bond acceptors (Lipinski definition) is 2. The summed E-state index contributed by atoms with van der Waals surface area (Å²) in [4.78, 5) is 2.44. The molecule has 0 aromatic heterocycles. The maximum atomic E-state index is 13.0. The summed E-state index contributed by atoms with van der Waals surface area (Å²) in [5, 5.41) is 10.5. The maximum Gasteiger partial charge on any atom is 0.123 e. The minimum atomic E-state index is -0.490. The standard InChI is InChI=1S/C19H21FINO/c20-17-5-3-15(4-6-17)19(23)16-9-11-22(12-10-16)13-14-1-7-18(21)8-2-14/h1-8,16,19,23H,9-13H2/t19-/m0/s1. The number of nitrogens with zero attached hydrogens (tertiary/aromatic N) is 1. The zero-order valence-electron chi connectivity index (χ0n) is 13.0. The summed E-state index contributed by atoms with van der Waals surface area (Å²) in [5.74, 6) is 0.00160. The highest BCUT2D eigenvalue weighted by Gasteiger charge is 2.26. The van der Waals surface area contributed by atoms with Gasteiger partial charge in [-0.05, 0) is 89.8 Å².